The minimum Gasteiger partial charge on any atom is -0.468 e. The van der Waals surface area contributed by atoms with E-state index in [-0.39, 0.29) is 0 Å². The molecule has 1 atom stereocenters. The van der Waals surface area contributed by atoms with Crippen LogP contribution in [0.3, 0.4) is 0 Å². The van der Waals surface area contributed by atoms with Crippen molar-refractivity contribution in [3.63, 3.8) is 0 Å². The number of carbonyl (C=O) groups is 2. The van der Waals surface area contributed by atoms with Gasteiger partial charge in [-0.3, -0.25) is 14.2 Å². The molecular formula is C14H18ClO7P. The lowest BCUT2D eigenvalue weighted by atomic mass is 9.98. The maximum Gasteiger partial charge on any atom is 0.339 e. The van der Waals surface area contributed by atoms with Crippen molar-refractivity contribution in [2.75, 3.05) is 28.4 Å². The third kappa shape index (κ3) is 4.32. The van der Waals surface area contributed by atoms with Crippen LogP contribution in [0.15, 0.2) is 24.3 Å². The van der Waals surface area contributed by atoms with E-state index in [2.05, 4.69) is 9.47 Å². The van der Waals surface area contributed by atoms with Crippen molar-refractivity contribution < 1.29 is 32.7 Å². The molecule has 1 rings (SSSR count). The van der Waals surface area contributed by atoms with Gasteiger partial charge in [0.1, 0.15) is 5.66 Å². The molecule has 0 bridgehead atoms. The van der Waals surface area contributed by atoms with Crippen molar-refractivity contribution in [2.24, 2.45) is 5.92 Å². The molecule has 0 spiro atoms. The van der Waals surface area contributed by atoms with Gasteiger partial charge in [-0.05, 0) is 17.7 Å². The molecule has 0 saturated heterocycles. The highest BCUT2D eigenvalue weighted by atomic mass is 35.5. The second-order valence-electron chi connectivity index (χ2n) is 4.43. The Labute approximate surface area is 139 Å². The summed E-state index contributed by atoms with van der Waals surface area (Å²) in [6, 6.07) is 6.21. The van der Waals surface area contributed by atoms with E-state index < -0.39 is 31.1 Å². The number of carbonyl (C=O) groups excluding carboxylic acids is 2. The van der Waals surface area contributed by atoms with Crippen LogP contribution in [-0.4, -0.2) is 40.4 Å². The number of halogens is 1. The molecule has 7 nitrogen and oxygen atoms in total. The van der Waals surface area contributed by atoms with E-state index in [1.54, 1.807) is 18.2 Å². The predicted molar refractivity (Wildman–Crippen MR) is 83.3 cm³/mol. The van der Waals surface area contributed by atoms with Crippen LogP contribution in [0.2, 0.25) is 5.02 Å². The second-order valence-corrected chi connectivity index (χ2v) is 7.23. The zero-order valence-electron chi connectivity index (χ0n) is 13.1. The third-order valence-electron chi connectivity index (χ3n) is 3.27. The van der Waals surface area contributed by atoms with Crippen molar-refractivity contribution in [1.29, 1.82) is 0 Å². The summed E-state index contributed by atoms with van der Waals surface area (Å²) in [5.41, 5.74) is -0.943. The maximum absolute atomic E-state index is 12.9. The van der Waals surface area contributed by atoms with Gasteiger partial charge in [0.15, 0.2) is 5.92 Å². The van der Waals surface area contributed by atoms with Crippen LogP contribution < -0.4 is 0 Å². The monoisotopic (exact) mass is 364 g/mol. The molecule has 0 aliphatic heterocycles. The van der Waals surface area contributed by atoms with Crippen molar-refractivity contribution >= 4 is 31.1 Å². The van der Waals surface area contributed by atoms with Gasteiger partial charge in [0, 0.05) is 19.2 Å². The molecule has 0 aromatic heterocycles. The minimum absolute atomic E-state index is 0.324. The maximum atomic E-state index is 12.9. The molecule has 0 saturated carbocycles. The Morgan fingerprint density at radius 3 is 1.96 bits per heavy atom. The Morgan fingerprint density at radius 2 is 1.57 bits per heavy atom. The van der Waals surface area contributed by atoms with E-state index in [9.17, 15) is 14.2 Å². The number of benzene rings is 1. The van der Waals surface area contributed by atoms with Gasteiger partial charge in [0.05, 0.1) is 14.2 Å². The Kier molecular flexibility index (Phi) is 7.22. The molecule has 1 unspecified atom stereocenters. The zero-order chi connectivity index (χ0) is 17.6. The molecule has 128 valence electrons. The Bertz CT molecular complexity index is 595. The average Bonchev–Trinajstić information content (AvgIpc) is 2.57. The quantitative estimate of drug-likeness (QED) is 0.417. The largest absolute Gasteiger partial charge is 0.468 e. The summed E-state index contributed by atoms with van der Waals surface area (Å²) in [4.78, 5) is 24.2. The molecule has 1 aromatic carbocycles. The smallest absolute Gasteiger partial charge is 0.339 e. The van der Waals surface area contributed by atoms with E-state index in [1.807, 2.05) is 0 Å². The molecule has 9 heteroatoms. The normalized spacial score (nSPS) is 12.8. The SMILES string of the molecule is COC(=O)C(C(=O)OC)C(c1cccc(Cl)c1)P(=O)(OC)OC. The standard InChI is InChI=1S/C14H18ClO7P/c1-19-13(16)11(14(17)20-2)12(23(18,21-3)22-4)9-6-5-7-10(15)8-9/h5-8,11-12H,1-4H3. The molecule has 0 radical (unpaired) electrons. The first-order chi connectivity index (χ1) is 10.8. The number of esters is 2. The molecule has 0 N–H and O–H groups in total. The van der Waals surface area contributed by atoms with Crippen molar-refractivity contribution in [2.45, 2.75) is 5.66 Å². The first kappa shape index (κ1) is 19.6. The summed E-state index contributed by atoms with van der Waals surface area (Å²) < 4.78 is 32.2. The summed E-state index contributed by atoms with van der Waals surface area (Å²) in [5.74, 6) is -3.37. The number of hydrogen-bond acceptors (Lipinski definition) is 7. The van der Waals surface area contributed by atoms with Crippen molar-refractivity contribution in [3.8, 4) is 0 Å². The van der Waals surface area contributed by atoms with Gasteiger partial charge in [-0.25, -0.2) is 0 Å². The van der Waals surface area contributed by atoms with Crippen LogP contribution in [-0.2, 0) is 32.7 Å². The minimum atomic E-state index is -3.88. The molecule has 0 amide bonds. The lowest BCUT2D eigenvalue weighted by molar-refractivity contribution is -0.159. The fourth-order valence-electron chi connectivity index (χ4n) is 2.16. The van der Waals surface area contributed by atoms with Crippen LogP contribution in [0, 0.1) is 5.92 Å². The molecule has 1 aromatic rings. The van der Waals surface area contributed by atoms with Gasteiger partial charge in [0.2, 0.25) is 0 Å². The highest BCUT2D eigenvalue weighted by Gasteiger charge is 2.49. The summed E-state index contributed by atoms with van der Waals surface area (Å²) in [6.07, 6.45) is 0. The second kappa shape index (κ2) is 8.45. The molecular weight excluding hydrogens is 347 g/mol. The number of methoxy groups -OCH3 is 2. The third-order valence-corrected chi connectivity index (χ3v) is 5.80. The van der Waals surface area contributed by atoms with E-state index >= 15 is 0 Å². The highest BCUT2D eigenvalue weighted by Crippen LogP contribution is 2.63. The van der Waals surface area contributed by atoms with E-state index in [4.69, 9.17) is 20.6 Å². The van der Waals surface area contributed by atoms with Gasteiger partial charge in [-0.2, -0.15) is 0 Å². The van der Waals surface area contributed by atoms with Gasteiger partial charge < -0.3 is 18.5 Å². The number of hydrogen-bond donors (Lipinski definition) is 0. The predicted octanol–water partition coefficient (Wildman–Crippen LogP) is 2.83. The summed E-state index contributed by atoms with van der Waals surface area (Å²) in [5, 5.41) is 0.333. The zero-order valence-corrected chi connectivity index (χ0v) is 14.8. The van der Waals surface area contributed by atoms with Crippen LogP contribution >= 0.6 is 19.2 Å². The van der Waals surface area contributed by atoms with E-state index in [0.29, 0.717) is 10.6 Å². The van der Waals surface area contributed by atoms with Crippen LogP contribution in [0.25, 0.3) is 0 Å². The first-order valence-corrected chi connectivity index (χ1v) is 8.45. The molecule has 0 heterocycles. The Balaban J connectivity index is 3.57. The molecule has 0 fully saturated rings. The summed E-state index contributed by atoms with van der Waals surface area (Å²) in [6.45, 7) is 0. The fourth-order valence-corrected chi connectivity index (χ4v) is 4.09. The fraction of sp³-hybridized carbons (Fsp3) is 0.429. The van der Waals surface area contributed by atoms with Gasteiger partial charge in [-0.1, -0.05) is 23.7 Å². The lowest BCUT2D eigenvalue weighted by Gasteiger charge is -2.28. The van der Waals surface area contributed by atoms with E-state index in [1.165, 1.54) is 6.07 Å². The average molecular weight is 365 g/mol. The lowest BCUT2D eigenvalue weighted by Crippen LogP contribution is -2.32. The summed E-state index contributed by atoms with van der Waals surface area (Å²) in [7, 11) is 0.655. The van der Waals surface area contributed by atoms with Gasteiger partial charge in [0.25, 0.3) is 0 Å². The van der Waals surface area contributed by atoms with Crippen LogP contribution in [0.1, 0.15) is 11.2 Å². The Morgan fingerprint density at radius 1 is 1.04 bits per heavy atom. The Hall–Kier alpha value is -1.40. The van der Waals surface area contributed by atoms with Crippen molar-refractivity contribution in [1.82, 2.24) is 0 Å². The highest BCUT2D eigenvalue weighted by molar-refractivity contribution is 7.54. The first-order valence-electron chi connectivity index (χ1n) is 6.47. The molecule has 0 aliphatic carbocycles. The molecule has 0 aliphatic rings. The molecule has 23 heavy (non-hydrogen) atoms. The van der Waals surface area contributed by atoms with E-state index in [0.717, 1.165) is 28.4 Å². The number of rotatable bonds is 7. The van der Waals surface area contributed by atoms with Crippen molar-refractivity contribution in [3.05, 3.63) is 34.9 Å². The summed E-state index contributed by atoms with van der Waals surface area (Å²) >= 11 is 5.95. The van der Waals surface area contributed by atoms with Crippen LogP contribution in [0.5, 0.6) is 0 Å². The topological polar surface area (TPSA) is 88.1 Å². The van der Waals surface area contributed by atoms with Gasteiger partial charge in [-0.15, -0.1) is 0 Å². The van der Waals surface area contributed by atoms with Gasteiger partial charge >= 0.3 is 19.5 Å². The number of ether oxygens (including phenoxy) is 2. The van der Waals surface area contributed by atoms with Crippen LogP contribution in [0.4, 0.5) is 0 Å².